The third kappa shape index (κ3) is 44.4. The molecule has 31 heteroatoms. The van der Waals surface area contributed by atoms with E-state index in [2.05, 4.69) is 36.6 Å². The predicted octanol–water partition coefficient (Wildman–Crippen LogP) is 3.21. The van der Waals surface area contributed by atoms with Crippen LogP contribution in [0.1, 0.15) is 198 Å². The molecule has 2 rings (SSSR count). The van der Waals surface area contributed by atoms with Gasteiger partial charge in [0.05, 0.1) is 70.5 Å². The van der Waals surface area contributed by atoms with Crippen LogP contribution in [0.5, 0.6) is 0 Å². The number of aromatic nitrogens is 2. The van der Waals surface area contributed by atoms with E-state index in [1.54, 1.807) is 11.1 Å². The molecule has 1 saturated heterocycles. The van der Waals surface area contributed by atoms with E-state index in [4.69, 9.17) is 29.8 Å². The molecule has 0 saturated carbocycles. The van der Waals surface area contributed by atoms with Crippen LogP contribution in [-0.4, -0.2) is 233 Å². The topological polar surface area (TPSA) is 478 Å². The van der Waals surface area contributed by atoms with E-state index in [1.807, 2.05) is 0 Å². The van der Waals surface area contributed by atoms with Crippen LogP contribution in [0.25, 0.3) is 0 Å². The van der Waals surface area contributed by atoms with Crippen molar-refractivity contribution < 1.29 is 107 Å². The number of nitrogens with zero attached hydrogens (tertiary/aromatic N) is 2. The number of rotatable bonds is 65. The Labute approximate surface area is 567 Å². The van der Waals surface area contributed by atoms with Crippen LogP contribution in [0.4, 0.5) is 0 Å². The number of hydrogen-bond acceptors (Lipinski definition) is 21. The van der Waals surface area contributed by atoms with Gasteiger partial charge < -0.3 is 81.8 Å². The van der Waals surface area contributed by atoms with Gasteiger partial charge in [-0.05, 0) is 77.2 Å². The van der Waals surface area contributed by atoms with Crippen molar-refractivity contribution in [3.8, 4) is 0 Å². The molecule has 0 unspecified atom stereocenters. The fourth-order valence-corrected chi connectivity index (χ4v) is 10.7. The third-order valence-electron chi connectivity index (χ3n) is 16.3. The zero-order chi connectivity index (χ0) is 71.4. The fourth-order valence-electron chi connectivity index (χ4n) is 10.7. The monoisotopic (exact) mass is 1380 g/mol. The number of nitrogens with two attached hydrogens (primary N) is 1. The van der Waals surface area contributed by atoms with Gasteiger partial charge in [0, 0.05) is 83.0 Å². The van der Waals surface area contributed by atoms with E-state index < -0.39 is 103 Å². The zero-order valence-electron chi connectivity index (χ0n) is 56.4. The molecule has 0 aromatic carbocycles. The van der Waals surface area contributed by atoms with Gasteiger partial charge in [-0.2, -0.15) is 0 Å². The summed E-state index contributed by atoms with van der Waals surface area (Å²) < 4.78 is 21.5. The average Bonchev–Trinajstić information content (AvgIpc) is 1.78. The van der Waals surface area contributed by atoms with Crippen molar-refractivity contribution in [1.82, 2.24) is 41.5 Å². The van der Waals surface area contributed by atoms with Crippen LogP contribution in [0.15, 0.2) is 12.5 Å². The summed E-state index contributed by atoms with van der Waals surface area (Å²) >= 11 is 0. The van der Waals surface area contributed by atoms with Gasteiger partial charge >= 0.3 is 29.8 Å². The maximum absolute atomic E-state index is 13.4. The van der Waals surface area contributed by atoms with Gasteiger partial charge in [-0.1, -0.05) is 77.0 Å². The minimum Gasteiger partial charge on any atom is -0.481 e. The molecule has 31 nitrogen and oxygen atoms in total. The number of ether oxygens (including phenoxy) is 4. The lowest BCUT2D eigenvalue weighted by Crippen LogP contribution is -2.49. The second kappa shape index (κ2) is 53.8. The van der Waals surface area contributed by atoms with Gasteiger partial charge in [0.1, 0.15) is 37.1 Å². The largest absolute Gasteiger partial charge is 0.481 e. The molecule has 4 amide bonds. The Morgan fingerprint density at radius 1 is 0.526 bits per heavy atom. The number of imidazole rings is 1. The van der Waals surface area contributed by atoms with E-state index >= 15 is 0 Å². The van der Waals surface area contributed by atoms with Crippen molar-refractivity contribution in [2.45, 2.75) is 229 Å². The van der Waals surface area contributed by atoms with Crippen LogP contribution in [0.2, 0.25) is 0 Å². The number of H-pyrrole nitrogens is 1. The predicted molar refractivity (Wildman–Crippen MR) is 351 cm³/mol. The second-order valence-electron chi connectivity index (χ2n) is 24.5. The Kier molecular flexibility index (Phi) is 47.7. The first-order valence-electron chi connectivity index (χ1n) is 34.4. The van der Waals surface area contributed by atoms with Gasteiger partial charge in [-0.3, -0.25) is 57.6 Å². The smallest absolute Gasteiger partial charge is 0.326 e. The number of nitrogens with one attached hydrogen (secondary N) is 6. The Balaban J connectivity index is 1.50. The number of carboxylic acid groups (broad SMARTS) is 5. The Hall–Kier alpha value is -7.16. The number of aliphatic carboxylic acids is 5. The molecular weight excluding hydrogens is 1270 g/mol. The number of carboxylic acids is 5. The maximum atomic E-state index is 13.4. The molecule has 1 aromatic heterocycles. The lowest BCUT2D eigenvalue weighted by atomic mass is 9.94. The molecule has 0 aliphatic carbocycles. The van der Waals surface area contributed by atoms with Crippen LogP contribution >= 0.6 is 0 Å². The summed E-state index contributed by atoms with van der Waals surface area (Å²) in [6.07, 6.45) is 19.2. The SMILES string of the molecule is N[C@@H](Cc1cnc[nH]1)C(=O)CN[C@@H](CCCCNC(=O)CC[C@H](CC(=O)CC[C@H](NC(=O)COCCOCCCC(=O)COCCOCCNC(=O)CC[C@H](NC(=O)CCCCCCCCCCCCCCCCC(=O)O)C(=O)O)C(=O)O)C(=O)O)C(=O)CN1CCC[C@H]1C(=O)O. The highest BCUT2D eigenvalue weighted by atomic mass is 16.5. The fraction of sp³-hybridized carbons (Fsp3) is 0.758. The minimum atomic E-state index is -1.49. The van der Waals surface area contributed by atoms with E-state index in [9.17, 15) is 82.8 Å². The molecule has 1 aliphatic rings. The number of likely N-dealkylation sites (tertiary alicyclic amines) is 1. The molecule has 1 aliphatic heterocycles. The van der Waals surface area contributed by atoms with Crippen molar-refractivity contribution >= 4 is 76.6 Å². The first kappa shape index (κ1) is 85.9. The summed E-state index contributed by atoms with van der Waals surface area (Å²) in [7, 11) is 0. The Bertz CT molecular complexity index is 2520. The van der Waals surface area contributed by atoms with Crippen molar-refractivity contribution in [3.63, 3.8) is 0 Å². The molecule has 2 heterocycles. The van der Waals surface area contributed by atoms with Gasteiger partial charge in [-0.15, -0.1) is 0 Å². The lowest BCUT2D eigenvalue weighted by molar-refractivity contribution is -0.145. The molecule has 0 spiro atoms. The van der Waals surface area contributed by atoms with Crippen LogP contribution < -0.4 is 32.3 Å². The summed E-state index contributed by atoms with van der Waals surface area (Å²) in [6, 6.07) is -5.13. The summed E-state index contributed by atoms with van der Waals surface area (Å²) in [5.74, 6) is -10.4. The third-order valence-corrected chi connectivity index (χ3v) is 16.3. The van der Waals surface area contributed by atoms with Crippen molar-refractivity contribution in [3.05, 3.63) is 18.2 Å². The first-order chi connectivity index (χ1) is 46.6. The summed E-state index contributed by atoms with van der Waals surface area (Å²) in [5, 5.41) is 60.5. The molecule has 13 N–H and O–H groups in total. The minimum absolute atomic E-state index is 0.0368. The molecule has 550 valence electrons. The Morgan fingerprint density at radius 3 is 1.67 bits per heavy atom. The molecule has 6 atom stereocenters. The van der Waals surface area contributed by atoms with E-state index in [0.29, 0.717) is 50.8 Å². The van der Waals surface area contributed by atoms with Crippen molar-refractivity contribution in [2.75, 3.05) is 85.6 Å². The van der Waals surface area contributed by atoms with Crippen molar-refractivity contribution in [1.29, 1.82) is 0 Å². The van der Waals surface area contributed by atoms with Gasteiger partial charge in [0.2, 0.25) is 23.6 Å². The van der Waals surface area contributed by atoms with Crippen LogP contribution in [0.3, 0.4) is 0 Å². The summed E-state index contributed by atoms with van der Waals surface area (Å²) in [6.45, 7) is 0.381. The van der Waals surface area contributed by atoms with Crippen LogP contribution in [-0.2, 0) is 87.7 Å². The average molecular weight is 1380 g/mol. The van der Waals surface area contributed by atoms with Crippen molar-refractivity contribution in [2.24, 2.45) is 11.7 Å². The highest BCUT2D eigenvalue weighted by Crippen LogP contribution is 2.20. The summed E-state index contributed by atoms with van der Waals surface area (Å²) in [5.41, 5.74) is 6.75. The van der Waals surface area contributed by atoms with Gasteiger partial charge in [0.25, 0.3) is 0 Å². The molecule has 1 aromatic rings. The van der Waals surface area contributed by atoms with Gasteiger partial charge in [-0.25, -0.2) is 14.6 Å². The molecule has 0 radical (unpaired) electrons. The number of hydrogen-bond donors (Lipinski definition) is 12. The maximum Gasteiger partial charge on any atom is 0.326 e. The number of carbonyl (C=O) groups excluding carboxylic acids is 8. The first-order valence-corrected chi connectivity index (χ1v) is 34.4. The Morgan fingerprint density at radius 2 is 1.08 bits per heavy atom. The number of amides is 4. The number of unbranched alkanes of at least 4 members (excludes halogenated alkanes) is 14. The van der Waals surface area contributed by atoms with E-state index in [0.717, 1.165) is 51.4 Å². The standard InChI is InChI=1S/C66H109N9O22/c67-51(40-48-41-68-46-72-48)56(78)42-71-52(57(79)43-75-32-17-21-55(75)66(92)93)20-15-16-30-69-58(80)28-24-47(63(86)87)39-49(76)25-26-53(64(88)89)74-61(83)45-97-38-35-94-33-18-19-50(77)44-96-37-36-95-34-31-70-59(81)29-27-54(65(90)91)73-60(82)22-13-11-9-7-5-3-1-2-4-6-8-10-12-14-23-62(84)85/h41,46-47,51-55,71H,1-40,42-45,67H2,(H,68,72)(H,69,80)(H,70,81)(H,73,82)(H,74,83)(H,84,85)(H,86,87)(H,88,89)(H,90,91)(H,92,93)/t47-,51+,52+,53+,54+,55+/m1/s1. The highest BCUT2D eigenvalue weighted by Gasteiger charge is 2.34. The second-order valence-corrected chi connectivity index (χ2v) is 24.5. The quantitative estimate of drug-likeness (QED) is 0.0417. The van der Waals surface area contributed by atoms with Crippen LogP contribution in [0, 0.1) is 5.92 Å². The molecular formula is C66H109N9O22. The normalized spacial score (nSPS) is 14.5. The lowest BCUT2D eigenvalue weighted by Gasteiger charge is -2.24. The summed E-state index contributed by atoms with van der Waals surface area (Å²) in [4.78, 5) is 168. The molecule has 97 heavy (non-hydrogen) atoms. The number of ketones is 4. The van der Waals surface area contributed by atoms with E-state index in [1.165, 1.54) is 38.4 Å². The molecule has 1 fully saturated rings. The van der Waals surface area contributed by atoms with Gasteiger partial charge in [0.15, 0.2) is 17.3 Å². The number of Topliss-reactive ketones (excluding diaryl/α,β-unsaturated/α-hetero) is 4. The number of aromatic amines is 1. The molecule has 0 bridgehead atoms. The number of carbonyl (C=O) groups is 13. The highest BCUT2D eigenvalue weighted by molar-refractivity contribution is 5.90. The van der Waals surface area contributed by atoms with E-state index in [-0.39, 0.29) is 166 Å². The zero-order valence-corrected chi connectivity index (χ0v) is 56.4.